The largest absolute Gasteiger partial charge is 0.504 e. The maximum atomic E-state index is 9.32. The Hall–Kier alpha value is -1.73. The summed E-state index contributed by atoms with van der Waals surface area (Å²) >= 11 is 0. The Morgan fingerprint density at radius 3 is 2.93 bits per heavy atom. The van der Waals surface area contributed by atoms with Crippen molar-refractivity contribution >= 4 is 0 Å². The van der Waals surface area contributed by atoms with Gasteiger partial charge in [-0.05, 0) is 17.7 Å². The van der Waals surface area contributed by atoms with Crippen molar-refractivity contribution in [2.24, 2.45) is 5.73 Å². The number of rotatable bonds is 3. The smallest absolute Gasteiger partial charge is 0.160 e. The van der Waals surface area contributed by atoms with Gasteiger partial charge in [0.1, 0.15) is 0 Å². The number of nitrogens with zero attached hydrogens (tertiary/aromatic N) is 1. The van der Waals surface area contributed by atoms with Crippen molar-refractivity contribution in [1.82, 2.24) is 0 Å². The van der Waals surface area contributed by atoms with Crippen molar-refractivity contribution in [2.75, 3.05) is 7.11 Å². The van der Waals surface area contributed by atoms with Gasteiger partial charge in [-0.15, -0.1) is 0 Å². The van der Waals surface area contributed by atoms with Gasteiger partial charge in [0.2, 0.25) is 0 Å². The van der Waals surface area contributed by atoms with Gasteiger partial charge in [0.25, 0.3) is 0 Å². The summed E-state index contributed by atoms with van der Waals surface area (Å²) in [5, 5.41) is 17.8. The number of hydrogen-bond donors (Lipinski definition) is 2. The second kappa shape index (κ2) is 4.49. The van der Waals surface area contributed by atoms with Crippen LogP contribution in [0.25, 0.3) is 0 Å². The predicted molar refractivity (Wildman–Crippen MR) is 51.8 cm³/mol. The summed E-state index contributed by atoms with van der Waals surface area (Å²) in [6.07, 6.45) is 0.244. The molecule has 0 aliphatic carbocycles. The molecule has 0 spiro atoms. The lowest BCUT2D eigenvalue weighted by Crippen LogP contribution is -2.09. The van der Waals surface area contributed by atoms with Gasteiger partial charge < -0.3 is 15.6 Å². The molecule has 1 aromatic rings. The minimum atomic E-state index is -0.338. The zero-order valence-corrected chi connectivity index (χ0v) is 7.90. The molecule has 4 heteroatoms. The fourth-order valence-corrected chi connectivity index (χ4v) is 1.14. The molecular weight excluding hydrogens is 180 g/mol. The van der Waals surface area contributed by atoms with E-state index >= 15 is 0 Å². The standard InChI is InChI=1S/C10H12N2O2/c1-14-10-6-7(2-3-9(10)13)8(12)4-5-11/h2-3,6,8,13H,4,12H2,1H3/t8-/m1/s1. The predicted octanol–water partition coefficient (Wildman–Crippen LogP) is 1.31. The second-order valence-electron chi connectivity index (χ2n) is 2.90. The number of hydrogen-bond acceptors (Lipinski definition) is 4. The highest BCUT2D eigenvalue weighted by atomic mass is 16.5. The Morgan fingerprint density at radius 1 is 1.64 bits per heavy atom. The molecule has 0 saturated heterocycles. The van der Waals surface area contributed by atoms with Crippen LogP contribution in [-0.2, 0) is 0 Å². The molecule has 1 aromatic carbocycles. The molecule has 0 bridgehead atoms. The van der Waals surface area contributed by atoms with Crippen LogP contribution in [0.4, 0.5) is 0 Å². The molecule has 0 aliphatic heterocycles. The van der Waals surface area contributed by atoms with Crippen LogP contribution in [0.3, 0.4) is 0 Å². The van der Waals surface area contributed by atoms with Crippen molar-refractivity contribution in [3.63, 3.8) is 0 Å². The molecule has 0 amide bonds. The fraction of sp³-hybridized carbons (Fsp3) is 0.300. The van der Waals surface area contributed by atoms with Crippen LogP contribution in [0.5, 0.6) is 11.5 Å². The van der Waals surface area contributed by atoms with Gasteiger partial charge in [0, 0.05) is 6.04 Å². The average Bonchev–Trinajstić information content (AvgIpc) is 2.19. The Labute approximate surface area is 82.5 Å². The SMILES string of the molecule is COc1cc([C@H](N)CC#N)ccc1O. The number of aromatic hydroxyl groups is 1. The van der Waals surface area contributed by atoms with E-state index in [2.05, 4.69) is 0 Å². The van der Waals surface area contributed by atoms with E-state index in [1.54, 1.807) is 12.1 Å². The topological polar surface area (TPSA) is 79.3 Å². The van der Waals surface area contributed by atoms with E-state index in [1.807, 2.05) is 6.07 Å². The van der Waals surface area contributed by atoms with Crippen LogP contribution in [0, 0.1) is 11.3 Å². The molecular formula is C10H12N2O2. The summed E-state index contributed by atoms with van der Waals surface area (Å²) in [4.78, 5) is 0. The lowest BCUT2D eigenvalue weighted by atomic mass is 10.0. The highest BCUT2D eigenvalue weighted by Crippen LogP contribution is 2.28. The van der Waals surface area contributed by atoms with Crippen molar-refractivity contribution in [3.05, 3.63) is 23.8 Å². The van der Waals surface area contributed by atoms with E-state index in [4.69, 9.17) is 15.7 Å². The summed E-state index contributed by atoms with van der Waals surface area (Å²) in [6, 6.07) is 6.47. The molecule has 1 rings (SSSR count). The Kier molecular flexibility index (Phi) is 3.32. The minimum Gasteiger partial charge on any atom is -0.504 e. The Bertz CT molecular complexity index is 358. The first-order valence-corrected chi connectivity index (χ1v) is 4.18. The monoisotopic (exact) mass is 192 g/mol. The molecule has 3 N–H and O–H groups in total. The molecule has 0 heterocycles. The summed E-state index contributed by atoms with van der Waals surface area (Å²) in [5.41, 5.74) is 6.50. The minimum absolute atomic E-state index is 0.0698. The molecule has 0 aromatic heterocycles. The number of benzene rings is 1. The van der Waals surface area contributed by atoms with Crippen molar-refractivity contribution in [3.8, 4) is 17.6 Å². The van der Waals surface area contributed by atoms with Crippen molar-refractivity contribution < 1.29 is 9.84 Å². The molecule has 74 valence electrons. The highest BCUT2D eigenvalue weighted by Gasteiger charge is 2.08. The molecule has 0 unspecified atom stereocenters. The Balaban J connectivity index is 2.95. The molecule has 0 radical (unpaired) electrons. The molecule has 0 saturated carbocycles. The van der Waals surface area contributed by atoms with Crippen molar-refractivity contribution in [2.45, 2.75) is 12.5 Å². The lowest BCUT2D eigenvalue weighted by Gasteiger charge is -2.10. The number of nitrogens with two attached hydrogens (primary N) is 1. The van der Waals surface area contributed by atoms with Crippen LogP contribution in [0.1, 0.15) is 18.0 Å². The molecule has 14 heavy (non-hydrogen) atoms. The van der Waals surface area contributed by atoms with Gasteiger partial charge in [0.15, 0.2) is 11.5 Å². The zero-order chi connectivity index (χ0) is 10.6. The zero-order valence-electron chi connectivity index (χ0n) is 7.90. The first-order chi connectivity index (χ1) is 6.69. The third-order valence-corrected chi connectivity index (χ3v) is 1.94. The highest BCUT2D eigenvalue weighted by molar-refractivity contribution is 5.42. The van der Waals surface area contributed by atoms with E-state index in [1.165, 1.54) is 13.2 Å². The summed E-state index contributed by atoms with van der Waals surface area (Å²) in [5.74, 6) is 0.441. The van der Waals surface area contributed by atoms with Gasteiger partial charge in [-0.25, -0.2) is 0 Å². The molecule has 0 fully saturated rings. The van der Waals surface area contributed by atoms with Crippen LogP contribution >= 0.6 is 0 Å². The summed E-state index contributed by atoms with van der Waals surface area (Å²) < 4.78 is 4.93. The van der Waals surface area contributed by atoms with Gasteiger partial charge >= 0.3 is 0 Å². The van der Waals surface area contributed by atoms with Gasteiger partial charge in [0.05, 0.1) is 19.6 Å². The van der Waals surface area contributed by atoms with Gasteiger partial charge in [-0.3, -0.25) is 0 Å². The first-order valence-electron chi connectivity index (χ1n) is 4.18. The normalized spacial score (nSPS) is 11.8. The van der Waals surface area contributed by atoms with E-state index in [9.17, 15) is 5.11 Å². The number of phenols is 1. The van der Waals surface area contributed by atoms with Crippen LogP contribution in [0.2, 0.25) is 0 Å². The lowest BCUT2D eigenvalue weighted by molar-refractivity contribution is 0.372. The number of ether oxygens (including phenoxy) is 1. The van der Waals surface area contributed by atoms with Crippen molar-refractivity contribution in [1.29, 1.82) is 5.26 Å². The third kappa shape index (κ3) is 2.15. The molecule has 1 atom stereocenters. The number of nitriles is 1. The maximum absolute atomic E-state index is 9.32. The average molecular weight is 192 g/mol. The first kappa shape index (κ1) is 10.4. The third-order valence-electron chi connectivity index (χ3n) is 1.94. The molecule has 4 nitrogen and oxygen atoms in total. The van der Waals surface area contributed by atoms with E-state index in [-0.39, 0.29) is 18.2 Å². The van der Waals surface area contributed by atoms with Gasteiger partial charge in [-0.1, -0.05) is 6.07 Å². The number of phenolic OH excluding ortho intramolecular Hbond substituents is 1. The van der Waals surface area contributed by atoms with E-state index in [0.717, 1.165) is 5.56 Å². The van der Waals surface area contributed by atoms with Crippen LogP contribution in [0.15, 0.2) is 18.2 Å². The quantitative estimate of drug-likeness (QED) is 0.756. The maximum Gasteiger partial charge on any atom is 0.160 e. The summed E-state index contributed by atoms with van der Waals surface area (Å²) in [6.45, 7) is 0. The van der Waals surface area contributed by atoms with E-state index < -0.39 is 0 Å². The van der Waals surface area contributed by atoms with Gasteiger partial charge in [-0.2, -0.15) is 5.26 Å². The number of methoxy groups -OCH3 is 1. The van der Waals surface area contributed by atoms with E-state index in [0.29, 0.717) is 5.75 Å². The van der Waals surface area contributed by atoms with Crippen LogP contribution in [-0.4, -0.2) is 12.2 Å². The van der Waals surface area contributed by atoms with Crippen LogP contribution < -0.4 is 10.5 Å². The Morgan fingerprint density at radius 2 is 2.36 bits per heavy atom. The second-order valence-corrected chi connectivity index (χ2v) is 2.90. The summed E-state index contributed by atoms with van der Waals surface area (Å²) in [7, 11) is 1.47. The molecule has 0 aliphatic rings. The fourth-order valence-electron chi connectivity index (χ4n) is 1.14.